The highest BCUT2D eigenvalue weighted by molar-refractivity contribution is 7.07. The molecular weight excluding hydrogens is 316 g/mol. The van der Waals surface area contributed by atoms with E-state index in [2.05, 4.69) is 4.99 Å². The lowest BCUT2D eigenvalue weighted by molar-refractivity contribution is 0.369. The fourth-order valence-electron chi connectivity index (χ4n) is 2.16. The Kier molecular flexibility index (Phi) is 3.71. The smallest absolute Gasteiger partial charge is 0.200 e. The van der Waals surface area contributed by atoms with E-state index in [-0.39, 0.29) is 17.2 Å². The van der Waals surface area contributed by atoms with Crippen molar-refractivity contribution < 1.29 is 20.4 Å². The van der Waals surface area contributed by atoms with Crippen LogP contribution in [0.25, 0.3) is 11.3 Å². The minimum Gasteiger partial charge on any atom is -0.508 e. The molecule has 0 atom stereocenters. The molecule has 3 aromatic rings. The van der Waals surface area contributed by atoms with E-state index in [9.17, 15) is 20.4 Å². The third-order valence-electron chi connectivity index (χ3n) is 3.38. The Balaban J connectivity index is 2.12. The van der Waals surface area contributed by atoms with Crippen molar-refractivity contribution in [2.24, 2.45) is 12.0 Å². The van der Waals surface area contributed by atoms with Crippen LogP contribution in [-0.2, 0) is 7.05 Å². The van der Waals surface area contributed by atoms with Crippen molar-refractivity contribution in [3.05, 3.63) is 46.6 Å². The minimum absolute atomic E-state index is 0.131. The molecule has 7 heteroatoms. The molecule has 0 spiro atoms. The molecule has 0 aliphatic carbocycles. The molecule has 23 heavy (non-hydrogen) atoms. The molecule has 0 amide bonds. The van der Waals surface area contributed by atoms with Crippen molar-refractivity contribution in [3.8, 4) is 34.3 Å². The lowest BCUT2D eigenvalue weighted by Crippen LogP contribution is -2.10. The maximum absolute atomic E-state index is 10.0. The van der Waals surface area contributed by atoms with Gasteiger partial charge in [-0.05, 0) is 24.3 Å². The number of hydrogen-bond acceptors (Lipinski definition) is 6. The van der Waals surface area contributed by atoms with Gasteiger partial charge in [0.25, 0.3) is 0 Å². The van der Waals surface area contributed by atoms with Gasteiger partial charge in [-0.15, -0.1) is 11.3 Å². The van der Waals surface area contributed by atoms with E-state index in [0.29, 0.717) is 21.7 Å². The zero-order valence-corrected chi connectivity index (χ0v) is 12.9. The van der Waals surface area contributed by atoms with E-state index >= 15 is 0 Å². The van der Waals surface area contributed by atoms with E-state index in [1.54, 1.807) is 41.3 Å². The summed E-state index contributed by atoms with van der Waals surface area (Å²) in [6.45, 7) is 0. The molecule has 0 radical (unpaired) electrons. The molecule has 0 aliphatic heterocycles. The fraction of sp³-hybridized carbons (Fsp3) is 0.0625. The number of aromatic hydroxyl groups is 4. The van der Waals surface area contributed by atoms with Gasteiger partial charge in [-0.3, -0.25) is 0 Å². The van der Waals surface area contributed by atoms with Crippen LogP contribution in [0.3, 0.4) is 0 Å². The van der Waals surface area contributed by atoms with Crippen molar-refractivity contribution in [2.75, 3.05) is 0 Å². The van der Waals surface area contributed by atoms with Crippen molar-refractivity contribution in [1.29, 1.82) is 0 Å². The first-order valence-corrected chi connectivity index (χ1v) is 7.58. The standard InChI is InChI=1S/C16H14N2O4S/c1-18-12(11-5-6-13(20)15(22)14(11)21)8-23-16(18)17-9-3-2-4-10(19)7-9/h2-8,19-22H,1H3. The summed E-state index contributed by atoms with van der Waals surface area (Å²) in [6, 6.07) is 9.41. The molecule has 2 aromatic carbocycles. The second-order valence-electron chi connectivity index (χ2n) is 4.92. The Bertz CT molecular complexity index is 943. The molecule has 0 saturated carbocycles. The number of benzene rings is 2. The van der Waals surface area contributed by atoms with E-state index in [4.69, 9.17) is 0 Å². The van der Waals surface area contributed by atoms with Crippen LogP contribution in [0, 0.1) is 0 Å². The van der Waals surface area contributed by atoms with Gasteiger partial charge in [0.15, 0.2) is 16.3 Å². The van der Waals surface area contributed by atoms with Crippen molar-refractivity contribution >= 4 is 17.0 Å². The molecular formula is C16H14N2O4S. The van der Waals surface area contributed by atoms with Gasteiger partial charge in [0.05, 0.1) is 11.4 Å². The molecule has 118 valence electrons. The van der Waals surface area contributed by atoms with E-state index < -0.39 is 5.75 Å². The van der Waals surface area contributed by atoms with Crippen LogP contribution in [0.1, 0.15) is 0 Å². The summed E-state index contributed by atoms with van der Waals surface area (Å²) in [6.07, 6.45) is 0. The monoisotopic (exact) mass is 330 g/mol. The molecule has 0 saturated heterocycles. The molecule has 0 unspecified atom stereocenters. The summed E-state index contributed by atoms with van der Waals surface area (Å²) in [5, 5.41) is 40.3. The summed E-state index contributed by atoms with van der Waals surface area (Å²) >= 11 is 1.35. The molecule has 3 rings (SSSR count). The van der Waals surface area contributed by atoms with Gasteiger partial charge in [0.2, 0.25) is 5.75 Å². The Labute approximate surface area is 135 Å². The van der Waals surface area contributed by atoms with Crippen LogP contribution < -0.4 is 4.80 Å². The van der Waals surface area contributed by atoms with Crippen LogP contribution in [0.4, 0.5) is 5.69 Å². The molecule has 0 aliphatic rings. The molecule has 0 bridgehead atoms. The average molecular weight is 330 g/mol. The lowest BCUT2D eigenvalue weighted by atomic mass is 10.1. The SMILES string of the molecule is Cn1c(-c2ccc(O)c(O)c2O)csc1=Nc1cccc(O)c1. The van der Waals surface area contributed by atoms with Crippen molar-refractivity contribution in [1.82, 2.24) is 4.57 Å². The number of phenols is 4. The Morgan fingerprint density at radius 1 is 1.00 bits per heavy atom. The first kappa shape index (κ1) is 15.0. The van der Waals surface area contributed by atoms with Gasteiger partial charge in [-0.2, -0.15) is 0 Å². The third-order valence-corrected chi connectivity index (χ3v) is 4.30. The quantitative estimate of drug-likeness (QED) is 0.543. The number of hydrogen-bond donors (Lipinski definition) is 4. The molecule has 0 fully saturated rings. The van der Waals surface area contributed by atoms with Crippen molar-refractivity contribution in [3.63, 3.8) is 0 Å². The molecule has 6 nitrogen and oxygen atoms in total. The zero-order chi connectivity index (χ0) is 16.6. The predicted octanol–water partition coefficient (Wildman–Crippen LogP) is 2.81. The van der Waals surface area contributed by atoms with Gasteiger partial charge in [-0.1, -0.05) is 6.07 Å². The van der Waals surface area contributed by atoms with Crippen LogP contribution in [0.2, 0.25) is 0 Å². The number of thiazole rings is 1. The van der Waals surface area contributed by atoms with Crippen LogP contribution in [0.15, 0.2) is 46.8 Å². The van der Waals surface area contributed by atoms with E-state index in [0.717, 1.165) is 0 Å². The summed E-state index contributed by atoms with van der Waals surface area (Å²) in [7, 11) is 1.77. The maximum Gasteiger partial charge on any atom is 0.200 e. The van der Waals surface area contributed by atoms with Gasteiger partial charge in [-0.25, -0.2) is 4.99 Å². The summed E-state index contributed by atoms with van der Waals surface area (Å²) in [5.74, 6) is -1.19. The third kappa shape index (κ3) is 2.74. The van der Waals surface area contributed by atoms with Crippen LogP contribution in [-0.4, -0.2) is 25.0 Å². The topological polar surface area (TPSA) is 98.2 Å². The zero-order valence-electron chi connectivity index (χ0n) is 12.1. The number of rotatable bonds is 2. The lowest BCUT2D eigenvalue weighted by Gasteiger charge is -2.08. The van der Waals surface area contributed by atoms with Gasteiger partial charge in [0.1, 0.15) is 5.75 Å². The first-order chi connectivity index (χ1) is 11.0. The van der Waals surface area contributed by atoms with Gasteiger partial charge in [0, 0.05) is 24.1 Å². The molecule has 4 N–H and O–H groups in total. The van der Waals surface area contributed by atoms with E-state index in [1.807, 2.05) is 0 Å². The second kappa shape index (κ2) is 5.69. The predicted molar refractivity (Wildman–Crippen MR) is 87.1 cm³/mol. The average Bonchev–Trinajstić information content (AvgIpc) is 2.86. The van der Waals surface area contributed by atoms with Crippen LogP contribution in [0.5, 0.6) is 23.0 Å². The second-order valence-corrected chi connectivity index (χ2v) is 5.76. The summed E-state index contributed by atoms with van der Waals surface area (Å²) in [5.41, 5.74) is 1.63. The highest BCUT2D eigenvalue weighted by Gasteiger charge is 2.15. The Morgan fingerprint density at radius 2 is 1.78 bits per heavy atom. The fourth-order valence-corrected chi connectivity index (χ4v) is 3.08. The Hall–Kier alpha value is -2.93. The first-order valence-electron chi connectivity index (χ1n) is 6.70. The van der Waals surface area contributed by atoms with E-state index in [1.165, 1.54) is 23.5 Å². The maximum atomic E-state index is 10.0. The normalized spacial score (nSPS) is 11.8. The van der Waals surface area contributed by atoms with Gasteiger partial charge < -0.3 is 25.0 Å². The summed E-state index contributed by atoms with van der Waals surface area (Å²) < 4.78 is 1.75. The number of nitrogens with zero attached hydrogens (tertiary/aromatic N) is 2. The highest BCUT2D eigenvalue weighted by Crippen LogP contribution is 2.41. The number of phenolic OH excluding ortho intramolecular Hbond substituents is 4. The Morgan fingerprint density at radius 3 is 2.52 bits per heavy atom. The molecule has 1 aromatic heterocycles. The van der Waals surface area contributed by atoms with Crippen molar-refractivity contribution in [2.45, 2.75) is 0 Å². The largest absolute Gasteiger partial charge is 0.508 e. The summed E-state index contributed by atoms with van der Waals surface area (Å²) in [4.78, 5) is 5.10. The van der Waals surface area contributed by atoms with Gasteiger partial charge >= 0.3 is 0 Å². The minimum atomic E-state index is -0.555. The highest BCUT2D eigenvalue weighted by atomic mass is 32.1. The molecule has 1 heterocycles. The number of aromatic nitrogens is 1. The van der Waals surface area contributed by atoms with Crippen LogP contribution >= 0.6 is 11.3 Å².